The Bertz CT molecular complexity index is 800. The van der Waals surface area contributed by atoms with Gasteiger partial charge in [0.1, 0.15) is 10.1 Å². The summed E-state index contributed by atoms with van der Waals surface area (Å²) < 4.78 is 1.74. The van der Waals surface area contributed by atoms with Crippen LogP contribution in [-0.4, -0.2) is 30.7 Å². The quantitative estimate of drug-likeness (QED) is 0.795. The summed E-state index contributed by atoms with van der Waals surface area (Å²) in [5.74, 6) is -0.972. The number of carboxylic acid groups (broad SMARTS) is 1. The summed E-state index contributed by atoms with van der Waals surface area (Å²) >= 11 is 1.32. The zero-order valence-corrected chi connectivity index (χ0v) is 11.3. The third kappa shape index (κ3) is 2.35. The highest BCUT2D eigenvalue weighted by molar-refractivity contribution is 7.99. The molecular weight excluding hydrogens is 276 g/mol. The Balaban J connectivity index is 2.01. The number of fused-ring (bicyclic) bond motifs is 1. The van der Waals surface area contributed by atoms with E-state index in [2.05, 4.69) is 15.1 Å². The molecular formula is C13H10N4O2S. The van der Waals surface area contributed by atoms with E-state index in [0.717, 1.165) is 16.2 Å². The first-order valence-electron chi connectivity index (χ1n) is 5.82. The molecule has 0 amide bonds. The van der Waals surface area contributed by atoms with Gasteiger partial charge in [0.2, 0.25) is 0 Å². The van der Waals surface area contributed by atoms with E-state index in [4.69, 9.17) is 5.11 Å². The van der Waals surface area contributed by atoms with Crippen LogP contribution in [0.3, 0.4) is 0 Å². The second kappa shape index (κ2) is 4.93. The maximum Gasteiger partial charge on any atom is 0.335 e. The van der Waals surface area contributed by atoms with Crippen LogP contribution in [-0.2, 0) is 0 Å². The van der Waals surface area contributed by atoms with E-state index < -0.39 is 5.97 Å². The number of rotatable bonds is 3. The van der Waals surface area contributed by atoms with Crippen molar-refractivity contribution in [3.05, 3.63) is 48.0 Å². The van der Waals surface area contributed by atoms with Crippen molar-refractivity contribution in [3.8, 4) is 0 Å². The van der Waals surface area contributed by atoms with Crippen molar-refractivity contribution >= 4 is 23.2 Å². The van der Waals surface area contributed by atoms with Crippen molar-refractivity contribution in [2.45, 2.75) is 17.0 Å². The first kappa shape index (κ1) is 12.6. The minimum Gasteiger partial charge on any atom is -0.478 e. The maximum atomic E-state index is 11.0. The van der Waals surface area contributed by atoms with Crippen molar-refractivity contribution in [1.82, 2.24) is 19.6 Å². The minimum atomic E-state index is -0.972. The lowest BCUT2D eigenvalue weighted by molar-refractivity contribution is 0.0696. The highest BCUT2D eigenvalue weighted by atomic mass is 32.2. The summed E-state index contributed by atoms with van der Waals surface area (Å²) in [5, 5.41) is 14.6. The van der Waals surface area contributed by atoms with Crippen LogP contribution in [0.1, 0.15) is 16.1 Å². The van der Waals surface area contributed by atoms with E-state index in [-0.39, 0.29) is 5.56 Å². The van der Waals surface area contributed by atoms with Gasteiger partial charge in [0, 0.05) is 18.6 Å². The topological polar surface area (TPSA) is 80.4 Å². The predicted octanol–water partition coefficient (Wildman–Crippen LogP) is 2.28. The molecule has 0 aliphatic heterocycles. The molecule has 0 atom stereocenters. The smallest absolute Gasteiger partial charge is 0.335 e. The van der Waals surface area contributed by atoms with Gasteiger partial charge in [0.05, 0.1) is 16.8 Å². The first-order valence-corrected chi connectivity index (χ1v) is 6.63. The molecule has 0 unspecified atom stereocenters. The number of aryl methyl sites for hydroxylation is 1. The van der Waals surface area contributed by atoms with E-state index in [1.54, 1.807) is 16.9 Å². The molecule has 1 N–H and O–H groups in total. The fourth-order valence-electron chi connectivity index (χ4n) is 1.80. The number of hydrogen-bond acceptors (Lipinski definition) is 5. The van der Waals surface area contributed by atoms with Crippen LogP contribution in [0.5, 0.6) is 0 Å². The van der Waals surface area contributed by atoms with Crippen LogP contribution >= 0.6 is 11.8 Å². The predicted molar refractivity (Wildman–Crippen MR) is 73.0 cm³/mol. The molecule has 3 aromatic heterocycles. The van der Waals surface area contributed by atoms with Crippen LogP contribution < -0.4 is 0 Å². The summed E-state index contributed by atoms with van der Waals surface area (Å²) in [7, 11) is 0. The first-order chi connectivity index (χ1) is 9.63. The monoisotopic (exact) mass is 286 g/mol. The van der Waals surface area contributed by atoms with Crippen LogP contribution in [0.15, 0.2) is 46.8 Å². The van der Waals surface area contributed by atoms with Gasteiger partial charge in [0.25, 0.3) is 0 Å². The van der Waals surface area contributed by atoms with Crippen LogP contribution in [0.25, 0.3) is 5.52 Å². The summed E-state index contributed by atoms with van der Waals surface area (Å²) in [6.45, 7) is 1.91. The molecule has 0 spiro atoms. The Kier molecular flexibility index (Phi) is 3.11. The molecule has 0 fully saturated rings. The second-order valence-electron chi connectivity index (χ2n) is 4.14. The molecule has 20 heavy (non-hydrogen) atoms. The van der Waals surface area contributed by atoms with Gasteiger partial charge in [-0.2, -0.15) is 5.10 Å². The number of nitrogens with zero attached hydrogens (tertiary/aromatic N) is 4. The zero-order valence-electron chi connectivity index (χ0n) is 10.5. The summed E-state index contributed by atoms with van der Waals surface area (Å²) in [6, 6.07) is 4.92. The fourth-order valence-corrected chi connectivity index (χ4v) is 2.66. The SMILES string of the molecule is Cc1cc2c(Sc3cc(C(=O)O)ccn3)nccn2n1. The molecule has 0 saturated carbocycles. The van der Waals surface area contributed by atoms with E-state index in [1.807, 2.05) is 13.0 Å². The number of hydrogen-bond donors (Lipinski definition) is 1. The molecule has 0 bridgehead atoms. The lowest BCUT2D eigenvalue weighted by Crippen LogP contribution is -1.97. The van der Waals surface area contributed by atoms with Gasteiger partial charge >= 0.3 is 5.97 Å². The number of carboxylic acids is 1. The van der Waals surface area contributed by atoms with Crippen molar-refractivity contribution < 1.29 is 9.90 Å². The lowest BCUT2D eigenvalue weighted by atomic mass is 10.3. The van der Waals surface area contributed by atoms with Gasteiger partial charge in [-0.25, -0.2) is 19.3 Å². The van der Waals surface area contributed by atoms with Crippen molar-refractivity contribution in [1.29, 1.82) is 0 Å². The molecule has 3 rings (SSSR count). The van der Waals surface area contributed by atoms with Crippen molar-refractivity contribution in [2.24, 2.45) is 0 Å². The third-order valence-electron chi connectivity index (χ3n) is 2.66. The van der Waals surface area contributed by atoms with E-state index in [9.17, 15) is 4.79 Å². The molecule has 6 nitrogen and oxygen atoms in total. The Morgan fingerprint density at radius 1 is 1.30 bits per heavy atom. The van der Waals surface area contributed by atoms with E-state index >= 15 is 0 Å². The Morgan fingerprint density at radius 2 is 2.15 bits per heavy atom. The zero-order chi connectivity index (χ0) is 14.1. The Hall–Kier alpha value is -2.41. The van der Waals surface area contributed by atoms with Crippen LogP contribution in [0, 0.1) is 6.92 Å². The molecule has 0 saturated heterocycles. The third-order valence-corrected chi connectivity index (χ3v) is 3.60. The van der Waals surface area contributed by atoms with Gasteiger partial charge in [-0.1, -0.05) is 0 Å². The lowest BCUT2D eigenvalue weighted by Gasteiger charge is -2.02. The van der Waals surface area contributed by atoms with Crippen LogP contribution in [0.2, 0.25) is 0 Å². The molecule has 3 heterocycles. The normalized spacial score (nSPS) is 10.8. The number of aromatic nitrogens is 4. The highest BCUT2D eigenvalue weighted by Crippen LogP contribution is 2.28. The fraction of sp³-hybridized carbons (Fsp3) is 0.0769. The molecule has 0 aliphatic rings. The Morgan fingerprint density at radius 3 is 2.95 bits per heavy atom. The van der Waals surface area contributed by atoms with Crippen molar-refractivity contribution in [3.63, 3.8) is 0 Å². The van der Waals surface area contributed by atoms with Gasteiger partial charge in [-0.3, -0.25) is 0 Å². The molecule has 0 radical (unpaired) electrons. The van der Waals surface area contributed by atoms with Gasteiger partial charge in [0.15, 0.2) is 0 Å². The molecule has 100 valence electrons. The van der Waals surface area contributed by atoms with Crippen LogP contribution in [0.4, 0.5) is 0 Å². The summed E-state index contributed by atoms with van der Waals surface area (Å²) in [5.41, 5.74) is 1.98. The number of aromatic carboxylic acids is 1. The molecule has 3 aromatic rings. The molecule has 0 aromatic carbocycles. The summed E-state index contributed by atoms with van der Waals surface area (Å²) in [4.78, 5) is 19.4. The van der Waals surface area contributed by atoms with Gasteiger partial charge in [-0.05, 0) is 36.9 Å². The maximum absolute atomic E-state index is 11.0. The largest absolute Gasteiger partial charge is 0.478 e. The van der Waals surface area contributed by atoms with Gasteiger partial charge in [-0.15, -0.1) is 0 Å². The molecule has 0 aliphatic carbocycles. The van der Waals surface area contributed by atoms with Crippen molar-refractivity contribution in [2.75, 3.05) is 0 Å². The Labute approximate surface area is 118 Å². The standard InChI is InChI=1S/C13H10N4O2S/c1-8-6-10-12(15-4-5-17(10)16-8)20-11-7-9(13(18)19)2-3-14-11/h2-7H,1H3,(H,18,19). The second-order valence-corrected chi connectivity index (χ2v) is 5.15. The van der Waals surface area contributed by atoms with E-state index in [0.29, 0.717) is 5.03 Å². The average molecular weight is 286 g/mol. The van der Waals surface area contributed by atoms with Gasteiger partial charge < -0.3 is 5.11 Å². The number of pyridine rings is 1. The summed E-state index contributed by atoms with van der Waals surface area (Å²) in [6.07, 6.45) is 4.91. The highest BCUT2D eigenvalue weighted by Gasteiger charge is 2.10. The number of carbonyl (C=O) groups is 1. The minimum absolute atomic E-state index is 0.208. The molecule has 7 heteroatoms. The average Bonchev–Trinajstić information content (AvgIpc) is 2.80. The van der Waals surface area contributed by atoms with E-state index in [1.165, 1.54) is 30.1 Å².